The van der Waals surface area contributed by atoms with Crippen molar-refractivity contribution in [1.82, 2.24) is 4.72 Å². The molecule has 0 amide bonds. The summed E-state index contributed by atoms with van der Waals surface area (Å²) in [7, 11) is -3.65. The van der Waals surface area contributed by atoms with Crippen LogP contribution in [0.3, 0.4) is 0 Å². The lowest BCUT2D eigenvalue weighted by atomic mass is 9.94. The Balaban J connectivity index is 2.36. The Labute approximate surface area is 116 Å². The van der Waals surface area contributed by atoms with E-state index in [-0.39, 0.29) is 27.6 Å². The maximum absolute atomic E-state index is 12.1. The molecule has 1 aromatic rings. The van der Waals surface area contributed by atoms with Crippen LogP contribution in [0, 0.1) is 0 Å². The fourth-order valence-electron chi connectivity index (χ4n) is 1.71. The van der Waals surface area contributed by atoms with Crippen molar-refractivity contribution in [3.05, 3.63) is 27.7 Å². The van der Waals surface area contributed by atoms with Crippen LogP contribution in [0.15, 0.2) is 17.0 Å². The van der Waals surface area contributed by atoms with Crippen molar-refractivity contribution in [2.75, 3.05) is 0 Å². The Morgan fingerprint density at radius 2 is 1.94 bits per heavy atom. The van der Waals surface area contributed by atoms with Crippen molar-refractivity contribution >= 4 is 33.2 Å². The second-order valence-electron chi connectivity index (χ2n) is 4.28. The van der Waals surface area contributed by atoms with Gasteiger partial charge < -0.3 is 5.11 Å². The second-order valence-corrected chi connectivity index (χ2v) is 6.78. The number of sulfonamides is 1. The van der Waals surface area contributed by atoms with Crippen molar-refractivity contribution in [2.45, 2.75) is 36.8 Å². The fourth-order valence-corrected chi connectivity index (χ4v) is 3.87. The van der Waals surface area contributed by atoms with E-state index < -0.39 is 10.0 Å². The highest BCUT2D eigenvalue weighted by Crippen LogP contribution is 2.30. The van der Waals surface area contributed by atoms with Gasteiger partial charge in [-0.2, -0.15) is 0 Å². The molecular formula is C11H13Cl2NO3S. The van der Waals surface area contributed by atoms with Crippen molar-refractivity contribution in [2.24, 2.45) is 0 Å². The van der Waals surface area contributed by atoms with Crippen LogP contribution in [0.1, 0.15) is 24.8 Å². The van der Waals surface area contributed by atoms with E-state index in [1.807, 2.05) is 0 Å². The van der Waals surface area contributed by atoms with Crippen LogP contribution < -0.4 is 4.72 Å². The van der Waals surface area contributed by atoms with Gasteiger partial charge >= 0.3 is 0 Å². The van der Waals surface area contributed by atoms with Crippen LogP contribution in [0.5, 0.6) is 0 Å². The zero-order valence-corrected chi connectivity index (χ0v) is 11.8. The van der Waals surface area contributed by atoms with Crippen molar-refractivity contribution in [1.29, 1.82) is 0 Å². The SMILES string of the molecule is O=S(=O)(NC1CCC1)c1cc(CO)c(Cl)cc1Cl. The quantitative estimate of drug-likeness (QED) is 0.897. The highest BCUT2D eigenvalue weighted by molar-refractivity contribution is 7.89. The van der Waals surface area contributed by atoms with Gasteiger partial charge in [-0.1, -0.05) is 29.6 Å². The van der Waals surface area contributed by atoms with Gasteiger partial charge in [-0.15, -0.1) is 0 Å². The molecule has 1 aromatic carbocycles. The van der Waals surface area contributed by atoms with E-state index >= 15 is 0 Å². The molecule has 0 bridgehead atoms. The average molecular weight is 310 g/mol. The Kier molecular flexibility index (Phi) is 4.18. The molecule has 0 heterocycles. The molecule has 2 rings (SSSR count). The Morgan fingerprint density at radius 3 is 2.44 bits per heavy atom. The summed E-state index contributed by atoms with van der Waals surface area (Å²) in [6, 6.07) is 2.63. The summed E-state index contributed by atoms with van der Waals surface area (Å²) in [4.78, 5) is -0.0375. The number of hydrogen-bond acceptors (Lipinski definition) is 3. The predicted molar refractivity (Wildman–Crippen MR) is 70.3 cm³/mol. The summed E-state index contributed by atoms with van der Waals surface area (Å²) in [6.07, 6.45) is 2.72. The van der Waals surface area contributed by atoms with Gasteiger partial charge in [0.15, 0.2) is 0 Å². The molecule has 0 spiro atoms. The van der Waals surface area contributed by atoms with E-state index in [4.69, 9.17) is 28.3 Å². The number of halogens is 2. The molecule has 1 saturated carbocycles. The molecule has 1 aliphatic carbocycles. The van der Waals surface area contributed by atoms with E-state index in [0.29, 0.717) is 5.56 Å². The molecule has 4 nitrogen and oxygen atoms in total. The first kappa shape index (κ1) is 14.1. The van der Waals surface area contributed by atoms with Crippen LogP contribution in [0.2, 0.25) is 10.0 Å². The van der Waals surface area contributed by atoms with Crippen molar-refractivity contribution in [3.63, 3.8) is 0 Å². The molecule has 0 atom stereocenters. The fraction of sp³-hybridized carbons (Fsp3) is 0.455. The highest BCUT2D eigenvalue weighted by Gasteiger charge is 2.26. The summed E-state index contributed by atoms with van der Waals surface area (Å²) >= 11 is 11.7. The first-order valence-electron chi connectivity index (χ1n) is 5.55. The van der Waals surface area contributed by atoms with Crippen LogP contribution in [0.4, 0.5) is 0 Å². The lowest BCUT2D eigenvalue weighted by Crippen LogP contribution is -2.39. The molecule has 0 unspecified atom stereocenters. The molecule has 0 radical (unpaired) electrons. The minimum atomic E-state index is -3.65. The normalized spacial score (nSPS) is 16.6. The molecule has 0 aliphatic heterocycles. The third kappa shape index (κ3) is 2.81. The van der Waals surface area contributed by atoms with E-state index in [1.165, 1.54) is 12.1 Å². The van der Waals surface area contributed by atoms with Gasteiger partial charge in [0.25, 0.3) is 0 Å². The molecule has 0 aromatic heterocycles. The summed E-state index contributed by atoms with van der Waals surface area (Å²) < 4.78 is 26.8. The van der Waals surface area contributed by atoms with Crippen LogP contribution in [-0.2, 0) is 16.6 Å². The smallest absolute Gasteiger partial charge is 0.242 e. The second kappa shape index (κ2) is 5.35. The number of aliphatic hydroxyl groups is 1. The van der Waals surface area contributed by atoms with Crippen LogP contribution in [-0.4, -0.2) is 19.6 Å². The van der Waals surface area contributed by atoms with Crippen molar-refractivity contribution in [3.8, 4) is 0 Å². The van der Waals surface area contributed by atoms with E-state index in [0.717, 1.165) is 19.3 Å². The number of rotatable bonds is 4. The zero-order valence-electron chi connectivity index (χ0n) is 9.49. The summed E-state index contributed by atoms with van der Waals surface area (Å²) in [5.41, 5.74) is 0.343. The Bertz CT molecular complexity index is 556. The average Bonchev–Trinajstić information content (AvgIpc) is 2.23. The van der Waals surface area contributed by atoms with Crippen molar-refractivity contribution < 1.29 is 13.5 Å². The molecule has 1 aliphatic rings. The molecule has 18 heavy (non-hydrogen) atoms. The topological polar surface area (TPSA) is 66.4 Å². The number of nitrogens with one attached hydrogen (secondary N) is 1. The van der Waals surface area contributed by atoms with Gasteiger partial charge in [0.05, 0.1) is 11.6 Å². The largest absolute Gasteiger partial charge is 0.392 e. The number of benzene rings is 1. The minimum Gasteiger partial charge on any atom is -0.392 e. The van der Waals surface area contributed by atoms with Gasteiger partial charge in [0, 0.05) is 11.1 Å². The van der Waals surface area contributed by atoms with E-state index in [9.17, 15) is 8.42 Å². The summed E-state index contributed by atoms with van der Waals surface area (Å²) in [5.74, 6) is 0. The first-order chi connectivity index (χ1) is 8.44. The zero-order chi connectivity index (χ0) is 13.3. The molecule has 100 valence electrons. The monoisotopic (exact) mass is 309 g/mol. The van der Waals surface area contributed by atoms with Gasteiger partial charge in [-0.05, 0) is 30.5 Å². The third-order valence-corrected chi connectivity index (χ3v) is 5.32. The Hall–Kier alpha value is -0.330. The van der Waals surface area contributed by atoms with Gasteiger partial charge in [0.1, 0.15) is 4.90 Å². The molecular weight excluding hydrogens is 297 g/mol. The first-order valence-corrected chi connectivity index (χ1v) is 7.79. The maximum atomic E-state index is 12.1. The lowest BCUT2D eigenvalue weighted by Gasteiger charge is -2.26. The van der Waals surface area contributed by atoms with E-state index in [1.54, 1.807) is 0 Å². The molecule has 0 saturated heterocycles. The minimum absolute atomic E-state index is 0.0145. The van der Waals surface area contributed by atoms with Gasteiger partial charge in [-0.3, -0.25) is 0 Å². The standard InChI is InChI=1S/C11H13Cl2NO3S/c12-9-5-10(13)11(4-7(9)6-15)18(16,17)14-8-2-1-3-8/h4-5,8,14-15H,1-3,6H2. The van der Waals surface area contributed by atoms with Gasteiger partial charge in [-0.25, -0.2) is 13.1 Å². The van der Waals surface area contributed by atoms with Crippen LogP contribution in [0.25, 0.3) is 0 Å². The lowest BCUT2D eigenvalue weighted by molar-refractivity contribution is 0.281. The van der Waals surface area contributed by atoms with E-state index in [2.05, 4.69) is 4.72 Å². The Morgan fingerprint density at radius 1 is 1.28 bits per heavy atom. The predicted octanol–water partition coefficient (Wildman–Crippen LogP) is 2.32. The van der Waals surface area contributed by atoms with Crippen LogP contribution >= 0.6 is 23.2 Å². The number of aliphatic hydroxyl groups excluding tert-OH is 1. The third-order valence-electron chi connectivity index (χ3n) is 2.99. The molecule has 2 N–H and O–H groups in total. The van der Waals surface area contributed by atoms with Gasteiger partial charge in [0.2, 0.25) is 10.0 Å². The molecule has 1 fully saturated rings. The summed E-state index contributed by atoms with van der Waals surface area (Å²) in [5, 5.41) is 9.41. The number of hydrogen-bond donors (Lipinski definition) is 2. The highest BCUT2D eigenvalue weighted by atomic mass is 35.5. The molecule has 7 heteroatoms. The summed E-state index contributed by atoms with van der Waals surface area (Å²) in [6.45, 7) is -0.331. The maximum Gasteiger partial charge on any atom is 0.242 e.